The van der Waals surface area contributed by atoms with Crippen molar-refractivity contribution >= 4 is 0 Å². The molecule has 0 atom stereocenters. The molecule has 2 rings (SSSR count). The van der Waals surface area contributed by atoms with Gasteiger partial charge in [-0.25, -0.2) is 13.2 Å². The molecule has 82 valence electrons. The van der Waals surface area contributed by atoms with Crippen molar-refractivity contribution in [3.8, 4) is 0 Å². The highest BCUT2D eigenvalue weighted by Gasteiger charge is 2.38. The SMILES string of the molecule is OC1(c2c(F)cc(F)cc2F)CCCC1. The highest BCUT2D eigenvalue weighted by Crippen LogP contribution is 2.40. The fourth-order valence-corrected chi connectivity index (χ4v) is 2.20. The summed E-state index contributed by atoms with van der Waals surface area (Å²) in [5, 5.41) is 10.0. The number of aliphatic hydroxyl groups is 1. The first-order chi connectivity index (χ1) is 7.03. The van der Waals surface area contributed by atoms with E-state index in [0.717, 1.165) is 12.8 Å². The van der Waals surface area contributed by atoms with E-state index in [1.54, 1.807) is 0 Å². The largest absolute Gasteiger partial charge is 0.385 e. The van der Waals surface area contributed by atoms with Gasteiger partial charge in [0, 0.05) is 12.1 Å². The first-order valence-corrected chi connectivity index (χ1v) is 4.90. The lowest BCUT2D eigenvalue weighted by Gasteiger charge is -2.23. The van der Waals surface area contributed by atoms with Crippen LogP contribution >= 0.6 is 0 Å². The third-order valence-electron chi connectivity index (χ3n) is 2.90. The van der Waals surface area contributed by atoms with Crippen molar-refractivity contribution in [1.82, 2.24) is 0 Å². The minimum Gasteiger partial charge on any atom is -0.385 e. The third kappa shape index (κ3) is 1.74. The summed E-state index contributed by atoms with van der Waals surface area (Å²) in [6, 6.07) is 1.21. The Bertz CT molecular complexity index is 360. The van der Waals surface area contributed by atoms with Crippen LogP contribution in [-0.4, -0.2) is 5.11 Å². The number of benzene rings is 1. The van der Waals surface area contributed by atoms with Crippen LogP contribution in [0.4, 0.5) is 13.2 Å². The van der Waals surface area contributed by atoms with Crippen molar-refractivity contribution in [2.75, 3.05) is 0 Å². The Morgan fingerprint density at radius 1 is 1.00 bits per heavy atom. The molecule has 4 heteroatoms. The lowest BCUT2D eigenvalue weighted by atomic mass is 9.91. The maximum Gasteiger partial charge on any atom is 0.135 e. The molecule has 0 aliphatic heterocycles. The molecule has 0 saturated heterocycles. The summed E-state index contributed by atoms with van der Waals surface area (Å²) in [7, 11) is 0. The second kappa shape index (κ2) is 3.52. The van der Waals surface area contributed by atoms with Crippen molar-refractivity contribution in [2.45, 2.75) is 31.3 Å². The Morgan fingerprint density at radius 2 is 1.47 bits per heavy atom. The fraction of sp³-hybridized carbons (Fsp3) is 0.455. The van der Waals surface area contributed by atoms with Gasteiger partial charge in [-0.15, -0.1) is 0 Å². The van der Waals surface area contributed by atoms with E-state index in [1.165, 1.54) is 0 Å². The van der Waals surface area contributed by atoms with Crippen LogP contribution in [-0.2, 0) is 5.60 Å². The summed E-state index contributed by atoms with van der Waals surface area (Å²) < 4.78 is 39.4. The fourth-order valence-electron chi connectivity index (χ4n) is 2.20. The predicted molar refractivity (Wildman–Crippen MR) is 48.7 cm³/mol. The molecule has 1 aromatic carbocycles. The standard InChI is InChI=1S/C11H11F3O/c12-7-5-8(13)10(9(14)6-7)11(15)3-1-2-4-11/h5-6,15H,1-4H2. The average molecular weight is 216 g/mol. The van der Waals surface area contributed by atoms with Crippen LogP contribution in [0.25, 0.3) is 0 Å². The smallest absolute Gasteiger partial charge is 0.135 e. The molecule has 1 N–H and O–H groups in total. The minimum atomic E-state index is -1.46. The summed E-state index contributed by atoms with van der Waals surface area (Å²) in [5.41, 5.74) is -1.84. The van der Waals surface area contributed by atoms with Crippen LogP contribution in [0.2, 0.25) is 0 Å². The van der Waals surface area contributed by atoms with Gasteiger partial charge in [0.05, 0.1) is 11.2 Å². The monoisotopic (exact) mass is 216 g/mol. The van der Waals surface area contributed by atoms with Gasteiger partial charge in [-0.1, -0.05) is 12.8 Å². The Morgan fingerprint density at radius 3 is 1.93 bits per heavy atom. The highest BCUT2D eigenvalue weighted by atomic mass is 19.1. The number of hydrogen-bond donors (Lipinski definition) is 1. The van der Waals surface area contributed by atoms with Crippen LogP contribution in [0.15, 0.2) is 12.1 Å². The van der Waals surface area contributed by atoms with E-state index < -0.39 is 23.1 Å². The Hall–Kier alpha value is -1.03. The molecule has 1 fully saturated rings. The maximum atomic E-state index is 13.4. The second-order valence-electron chi connectivity index (χ2n) is 3.98. The zero-order valence-corrected chi connectivity index (χ0v) is 8.06. The van der Waals surface area contributed by atoms with Gasteiger partial charge in [-0.3, -0.25) is 0 Å². The number of rotatable bonds is 1. The zero-order valence-electron chi connectivity index (χ0n) is 8.06. The van der Waals surface area contributed by atoms with Crippen LogP contribution in [0.5, 0.6) is 0 Å². The van der Waals surface area contributed by atoms with Crippen LogP contribution in [0.3, 0.4) is 0 Å². The molecular formula is C11H11F3O. The van der Waals surface area contributed by atoms with Crippen LogP contribution < -0.4 is 0 Å². The Kier molecular flexibility index (Phi) is 2.46. The van der Waals surface area contributed by atoms with Gasteiger partial charge in [0.25, 0.3) is 0 Å². The van der Waals surface area contributed by atoms with E-state index in [9.17, 15) is 18.3 Å². The molecule has 1 aliphatic carbocycles. The molecule has 0 heterocycles. The molecule has 1 saturated carbocycles. The van der Waals surface area contributed by atoms with Crippen molar-refractivity contribution < 1.29 is 18.3 Å². The second-order valence-corrected chi connectivity index (χ2v) is 3.98. The summed E-state index contributed by atoms with van der Waals surface area (Å²) in [5.74, 6) is -2.97. The lowest BCUT2D eigenvalue weighted by Crippen LogP contribution is -2.24. The first-order valence-electron chi connectivity index (χ1n) is 4.90. The van der Waals surface area contributed by atoms with E-state index in [1.807, 2.05) is 0 Å². The molecule has 0 spiro atoms. The molecule has 15 heavy (non-hydrogen) atoms. The van der Waals surface area contributed by atoms with Crippen molar-refractivity contribution in [2.24, 2.45) is 0 Å². The van der Waals surface area contributed by atoms with Gasteiger partial charge in [0.15, 0.2) is 0 Å². The average Bonchev–Trinajstić information content (AvgIpc) is 2.50. The van der Waals surface area contributed by atoms with Gasteiger partial charge in [-0.2, -0.15) is 0 Å². The van der Waals surface area contributed by atoms with Crippen LogP contribution in [0.1, 0.15) is 31.2 Å². The molecule has 0 amide bonds. The highest BCUT2D eigenvalue weighted by molar-refractivity contribution is 5.27. The summed E-state index contributed by atoms with van der Waals surface area (Å²) in [6.45, 7) is 0. The van der Waals surface area contributed by atoms with E-state index in [2.05, 4.69) is 0 Å². The topological polar surface area (TPSA) is 20.2 Å². The van der Waals surface area contributed by atoms with Crippen molar-refractivity contribution in [3.63, 3.8) is 0 Å². The lowest BCUT2D eigenvalue weighted by molar-refractivity contribution is 0.0367. The molecule has 1 aliphatic rings. The Labute approximate surface area is 85.5 Å². The van der Waals surface area contributed by atoms with Gasteiger partial charge in [-0.05, 0) is 12.8 Å². The molecule has 0 aromatic heterocycles. The molecule has 1 nitrogen and oxygen atoms in total. The number of halogens is 3. The molecule has 0 radical (unpaired) electrons. The van der Waals surface area contributed by atoms with Gasteiger partial charge in [0.1, 0.15) is 17.5 Å². The van der Waals surface area contributed by atoms with Crippen molar-refractivity contribution in [1.29, 1.82) is 0 Å². The van der Waals surface area contributed by atoms with E-state index in [0.29, 0.717) is 25.0 Å². The Balaban J connectivity index is 2.52. The number of hydrogen-bond acceptors (Lipinski definition) is 1. The molecular weight excluding hydrogens is 205 g/mol. The van der Waals surface area contributed by atoms with E-state index in [4.69, 9.17) is 0 Å². The van der Waals surface area contributed by atoms with Gasteiger partial charge < -0.3 is 5.11 Å². The van der Waals surface area contributed by atoms with Gasteiger partial charge >= 0.3 is 0 Å². The minimum absolute atomic E-state index is 0.326. The first kappa shape index (κ1) is 10.5. The normalized spacial score (nSPS) is 19.5. The zero-order chi connectivity index (χ0) is 11.1. The van der Waals surface area contributed by atoms with Crippen LogP contribution in [0, 0.1) is 17.5 Å². The molecule has 0 bridgehead atoms. The molecule has 0 unspecified atom stereocenters. The van der Waals surface area contributed by atoms with Gasteiger partial charge in [0.2, 0.25) is 0 Å². The molecule has 1 aromatic rings. The third-order valence-corrected chi connectivity index (χ3v) is 2.90. The predicted octanol–water partition coefficient (Wildman–Crippen LogP) is 2.87. The summed E-state index contributed by atoms with van der Waals surface area (Å²) >= 11 is 0. The van der Waals surface area contributed by atoms with E-state index in [-0.39, 0.29) is 5.56 Å². The summed E-state index contributed by atoms with van der Waals surface area (Å²) in [4.78, 5) is 0. The quantitative estimate of drug-likeness (QED) is 0.765. The maximum absolute atomic E-state index is 13.4. The van der Waals surface area contributed by atoms with E-state index >= 15 is 0 Å². The van der Waals surface area contributed by atoms with Crippen molar-refractivity contribution in [3.05, 3.63) is 35.1 Å². The summed E-state index contributed by atoms with van der Waals surface area (Å²) in [6.07, 6.45) is 2.11.